The van der Waals surface area contributed by atoms with Gasteiger partial charge in [0.15, 0.2) is 17.5 Å². The van der Waals surface area contributed by atoms with Gasteiger partial charge >= 0.3 is 0 Å². The summed E-state index contributed by atoms with van der Waals surface area (Å²) in [7, 11) is 1.35. The highest BCUT2D eigenvalue weighted by Gasteiger charge is 2.13. The minimum absolute atomic E-state index is 0.00345. The van der Waals surface area contributed by atoms with Crippen molar-refractivity contribution in [2.75, 3.05) is 7.11 Å². The van der Waals surface area contributed by atoms with Crippen LogP contribution in [0.15, 0.2) is 60.7 Å². The lowest BCUT2D eigenvalue weighted by Gasteiger charge is -2.08. The van der Waals surface area contributed by atoms with Crippen molar-refractivity contribution in [3.8, 4) is 17.6 Å². The zero-order valence-corrected chi connectivity index (χ0v) is 17.5. The van der Waals surface area contributed by atoms with Gasteiger partial charge in [-0.2, -0.15) is 0 Å². The molecule has 0 N–H and O–H groups in total. The van der Waals surface area contributed by atoms with Gasteiger partial charge in [-0.15, -0.1) is 0 Å². The summed E-state index contributed by atoms with van der Waals surface area (Å²) in [5, 5.41) is 0.195. The van der Waals surface area contributed by atoms with Crippen molar-refractivity contribution in [2.45, 2.75) is 12.8 Å². The number of fused-ring (bicyclic) bond motifs is 1. The van der Waals surface area contributed by atoms with Crippen LogP contribution in [0, 0.1) is 40.9 Å². The molecule has 0 aliphatic heterocycles. The minimum Gasteiger partial charge on any atom is -0.497 e. The summed E-state index contributed by atoms with van der Waals surface area (Å²) in [5.41, 5.74) is 2.09. The number of aryl methyl sites for hydroxylation is 1. The molecule has 6 heteroatoms. The monoisotopic (exact) mass is 452 g/mol. The Morgan fingerprint density at radius 3 is 1.97 bits per heavy atom. The minimum atomic E-state index is -1.50. The van der Waals surface area contributed by atoms with Crippen molar-refractivity contribution >= 4 is 10.8 Å². The van der Waals surface area contributed by atoms with E-state index in [0.717, 1.165) is 23.8 Å². The molecule has 0 fully saturated rings. The lowest BCUT2D eigenvalue weighted by molar-refractivity contribution is 0.405. The number of ether oxygens (including phenoxy) is 1. The average Bonchev–Trinajstić information content (AvgIpc) is 2.81. The SMILES string of the molecule is COc1cc(F)c(CCc2ccc(C#Cc3ccc4c(F)c(F)c(F)cc4c3)cc2)c(F)c1. The summed E-state index contributed by atoms with van der Waals surface area (Å²) in [6.45, 7) is 0. The van der Waals surface area contributed by atoms with Gasteiger partial charge in [-0.05, 0) is 54.1 Å². The predicted molar refractivity (Wildman–Crippen MR) is 117 cm³/mol. The first-order chi connectivity index (χ1) is 15.9. The number of methoxy groups -OCH3 is 1. The summed E-state index contributed by atoms with van der Waals surface area (Å²) >= 11 is 0. The van der Waals surface area contributed by atoms with E-state index in [1.54, 1.807) is 12.1 Å². The van der Waals surface area contributed by atoms with Crippen LogP contribution in [0.2, 0.25) is 0 Å². The van der Waals surface area contributed by atoms with Crippen molar-refractivity contribution in [2.24, 2.45) is 0 Å². The Hall–Kier alpha value is -3.85. The van der Waals surface area contributed by atoms with Crippen molar-refractivity contribution in [1.29, 1.82) is 0 Å². The molecule has 0 bridgehead atoms. The van der Waals surface area contributed by atoms with E-state index >= 15 is 0 Å². The number of rotatable bonds is 4. The number of benzene rings is 4. The van der Waals surface area contributed by atoms with E-state index in [1.165, 1.54) is 25.3 Å². The van der Waals surface area contributed by atoms with Crippen molar-refractivity contribution < 1.29 is 26.7 Å². The van der Waals surface area contributed by atoms with Gasteiger partial charge in [-0.25, -0.2) is 22.0 Å². The first-order valence-electron chi connectivity index (χ1n) is 10.1. The van der Waals surface area contributed by atoms with Gasteiger partial charge in [0.1, 0.15) is 17.4 Å². The third-order valence-electron chi connectivity index (χ3n) is 5.29. The number of hydrogen-bond acceptors (Lipinski definition) is 1. The van der Waals surface area contributed by atoms with Crippen LogP contribution in [0.3, 0.4) is 0 Å². The molecule has 4 aromatic rings. The summed E-state index contributed by atoms with van der Waals surface area (Å²) in [6.07, 6.45) is 0.629. The molecule has 0 aliphatic carbocycles. The van der Waals surface area contributed by atoms with E-state index in [9.17, 15) is 22.0 Å². The normalized spacial score (nSPS) is 10.7. The third kappa shape index (κ3) is 4.83. The van der Waals surface area contributed by atoms with Crippen LogP contribution in [0.25, 0.3) is 10.8 Å². The summed E-state index contributed by atoms with van der Waals surface area (Å²) in [6, 6.07) is 14.8. The van der Waals surface area contributed by atoms with Crippen LogP contribution >= 0.6 is 0 Å². The Bertz CT molecular complexity index is 1380. The van der Waals surface area contributed by atoms with Crippen molar-refractivity contribution in [3.05, 3.63) is 112 Å². The molecule has 0 radical (unpaired) electrons. The Morgan fingerprint density at radius 1 is 0.667 bits per heavy atom. The van der Waals surface area contributed by atoms with E-state index < -0.39 is 29.1 Å². The van der Waals surface area contributed by atoms with E-state index in [1.807, 2.05) is 12.1 Å². The summed E-state index contributed by atoms with van der Waals surface area (Å²) in [4.78, 5) is 0. The maximum absolute atomic E-state index is 14.1. The predicted octanol–water partition coefficient (Wildman–Crippen LogP) is 6.73. The largest absolute Gasteiger partial charge is 0.497 e. The fourth-order valence-electron chi connectivity index (χ4n) is 3.49. The Balaban J connectivity index is 1.47. The highest BCUT2D eigenvalue weighted by atomic mass is 19.2. The topological polar surface area (TPSA) is 9.23 Å². The van der Waals surface area contributed by atoms with Crippen LogP contribution in [0.1, 0.15) is 22.3 Å². The van der Waals surface area contributed by atoms with Gasteiger partial charge < -0.3 is 4.74 Å². The first-order valence-corrected chi connectivity index (χ1v) is 10.1. The molecule has 4 rings (SSSR count). The van der Waals surface area contributed by atoms with Gasteiger partial charge in [0.2, 0.25) is 0 Å². The number of halogens is 5. The lowest BCUT2D eigenvalue weighted by Crippen LogP contribution is -2.00. The molecule has 0 unspecified atom stereocenters. The van der Waals surface area contributed by atoms with Gasteiger partial charge in [0.25, 0.3) is 0 Å². The highest BCUT2D eigenvalue weighted by Crippen LogP contribution is 2.24. The van der Waals surface area contributed by atoms with Gasteiger partial charge in [-0.3, -0.25) is 0 Å². The van der Waals surface area contributed by atoms with Crippen molar-refractivity contribution in [3.63, 3.8) is 0 Å². The third-order valence-corrected chi connectivity index (χ3v) is 5.29. The molecule has 0 heterocycles. The molecular weight excluding hydrogens is 435 g/mol. The molecule has 1 nitrogen and oxygen atoms in total. The Labute approximate surface area is 187 Å². The summed E-state index contributed by atoms with van der Waals surface area (Å²) < 4.78 is 73.7. The van der Waals surface area contributed by atoms with Crippen LogP contribution < -0.4 is 4.74 Å². The van der Waals surface area contributed by atoms with Crippen LogP contribution in [0.4, 0.5) is 22.0 Å². The maximum atomic E-state index is 14.1. The quantitative estimate of drug-likeness (QED) is 0.190. The molecule has 33 heavy (non-hydrogen) atoms. The first kappa shape index (κ1) is 22.3. The molecule has 0 aliphatic rings. The zero-order chi connectivity index (χ0) is 23.5. The van der Waals surface area contributed by atoms with Crippen LogP contribution in [0.5, 0.6) is 5.75 Å². The Morgan fingerprint density at radius 2 is 1.30 bits per heavy atom. The van der Waals surface area contributed by atoms with E-state index in [0.29, 0.717) is 17.5 Å². The molecule has 0 aromatic heterocycles. The number of hydrogen-bond donors (Lipinski definition) is 0. The molecule has 166 valence electrons. The molecule has 0 atom stereocenters. The molecule has 0 saturated heterocycles. The Kier molecular flexibility index (Phi) is 6.32. The van der Waals surface area contributed by atoms with E-state index in [4.69, 9.17) is 4.74 Å². The van der Waals surface area contributed by atoms with Crippen LogP contribution in [-0.4, -0.2) is 7.11 Å². The molecule has 4 aromatic carbocycles. The zero-order valence-electron chi connectivity index (χ0n) is 17.5. The lowest BCUT2D eigenvalue weighted by atomic mass is 10.0. The molecular formula is C27H17F5O. The standard InChI is InChI=1S/C27H17F5O/c1-33-20-14-23(28)22(24(29)15-20)11-8-17-4-2-16(3-5-17)6-7-18-9-10-21-19(12-18)13-25(30)27(32)26(21)31/h2-5,9-10,12-15H,8,11H2,1H3. The smallest absolute Gasteiger partial charge is 0.195 e. The fraction of sp³-hybridized carbons (Fsp3) is 0.111. The second-order valence-corrected chi connectivity index (χ2v) is 7.44. The van der Waals surface area contributed by atoms with E-state index in [2.05, 4.69) is 11.8 Å². The highest BCUT2D eigenvalue weighted by molar-refractivity contribution is 5.84. The average molecular weight is 452 g/mol. The fourth-order valence-corrected chi connectivity index (χ4v) is 3.49. The second-order valence-electron chi connectivity index (χ2n) is 7.44. The molecule has 0 saturated carbocycles. The van der Waals surface area contributed by atoms with Crippen molar-refractivity contribution in [1.82, 2.24) is 0 Å². The second kappa shape index (κ2) is 9.33. The molecule has 0 amide bonds. The van der Waals surface area contributed by atoms with E-state index in [-0.39, 0.29) is 28.5 Å². The van der Waals surface area contributed by atoms with Gasteiger partial charge in [-0.1, -0.05) is 30.0 Å². The molecule has 0 spiro atoms. The van der Waals surface area contributed by atoms with Crippen LogP contribution in [-0.2, 0) is 12.8 Å². The van der Waals surface area contributed by atoms with Gasteiger partial charge in [0, 0.05) is 34.2 Å². The maximum Gasteiger partial charge on any atom is 0.195 e. The van der Waals surface area contributed by atoms with Gasteiger partial charge in [0.05, 0.1) is 7.11 Å². The summed E-state index contributed by atoms with van der Waals surface area (Å²) in [5.74, 6) is 0.718.